The van der Waals surface area contributed by atoms with Gasteiger partial charge in [0.2, 0.25) is 5.91 Å². The van der Waals surface area contributed by atoms with Crippen molar-refractivity contribution < 1.29 is 14.7 Å². The Hall–Kier alpha value is -1.31. The SMILES string of the molecule is O=C(NCCNC(=O)C1CC1)c1cc(I)ccc1O. The largest absolute Gasteiger partial charge is 0.507 e. The van der Waals surface area contributed by atoms with Gasteiger partial charge in [-0.25, -0.2) is 0 Å². The summed E-state index contributed by atoms with van der Waals surface area (Å²) in [4.78, 5) is 23.2. The Balaban J connectivity index is 1.77. The molecular formula is C13H15IN2O3. The van der Waals surface area contributed by atoms with Crippen molar-refractivity contribution in [2.75, 3.05) is 13.1 Å². The predicted molar refractivity (Wildman–Crippen MR) is 78.9 cm³/mol. The summed E-state index contributed by atoms with van der Waals surface area (Å²) in [6, 6.07) is 4.84. The molecule has 5 nitrogen and oxygen atoms in total. The molecule has 0 aliphatic heterocycles. The zero-order valence-electron chi connectivity index (χ0n) is 10.3. The maximum atomic E-state index is 11.8. The van der Waals surface area contributed by atoms with E-state index in [9.17, 15) is 14.7 Å². The van der Waals surface area contributed by atoms with E-state index in [1.807, 2.05) is 0 Å². The number of benzene rings is 1. The van der Waals surface area contributed by atoms with Gasteiger partial charge in [-0.2, -0.15) is 0 Å². The number of hydrogen-bond donors (Lipinski definition) is 3. The first-order chi connectivity index (χ1) is 9.08. The van der Waals surface area contributed by atoms with E-state index in [4.69, 9.17) is 0 Å². The van der Waals surface area contributed by atoms with Crippen LogP contribution in [-0.2, 0) is 4.79 Å². The molecule has 0 aromatic heterocycles. The number of amides is 2. The van der Waals surface area contributed by atoms with E-state index in [1.54, 1.807) is 12.1 Å². The van der Waals surface area contributed by atoms with Gasteiger partial charge >= 0.3 is 0 Å². The summed E-state index contributed by atoms with van der Waals surface area (Å²) in [6.07, 6.45) is 1.93. The van der Waals surface area contributed by atoms with Crippen LogP contribution in [0.1, 0.15) is 23.2 Å². The van der Waals surface area contributed by atoms with Crippen LogP contribution in [0.5, 0.6) is 5.75 Å². The van der Waals surface area contributed by atoms with Gasteiger partial charge in [-0.3, -0.25) is 9.59 Å². The molecule has 0 heterocycles. The minimum atomic E-state index is -0.336. The number of hydrogen-bond acceptors (Lipinski definition) is 3. The average molecular weight is 374 g/mol. The van der Waals surface area contributed by atoms with Gasteiger partial charge in [0, 0.05) is 22.6 Å². The Morgan fingerprint density at radius 1 is 1.26 bits per heavy atom. The molecule has 0 atom stereocenters. The third kappa shape index (κ3) is 4.09. The topological polar surface area (TPSA) is 78.4 Å². The summed E-state index contributed by atoms with van der Waals surface area (Å²) in [5, 5.41) is 15.0. The highest BCUT2D eigenvalue weighted by molar-refractivity contribution is 14.1. The summed E-state index contributed by atoms with van der Waals surface area (Å²) < 4.78 is 0.877. The zero-order chi connectivity index (χ0) is 13.8. The van der Waals surface area contributed by atoms with Crippen LogP contribution in [0.3, 0.4) is 0 Å². The smallest absolute Gasteiger partial charge is 0.255 e. The molecule has 1 aromatic carbocycles. The highest BCUT2D eigenvalue weighted by Gasteiger charge is 2.29. The highest BCUT2D eigenvalue weighted by atomic mass is 127. The van der Waals surface area contributed by atoms with Crippen LogP contribution in [0, 0.1) is 9.49 Å². The molecule has 1 aliphatic carbocycles. The number of carbonyl (C=O) groups is 2. The maximum absolute atomic E-state index is 11.8. The molecule has 0 unspecified atom stereocenters. The predicted octanol–water partition coefficient (Wildman–Crippen LogP) is 1.25. The number of halogens is 1. The summed E-state index contributed by atoms with van der Waals surface area (Å²) in [7, 11) is 0. The van der Waals surface area contributed by atoms with Crippen molar-refractivity contribution in [3.63, 3.8) is 0 Å². The second-order valence-electron chi connectivity index (χ2n) is 4.48. The number of phenols is 1. The van der Waals surface area contributed by atoms with E-state index in [0.717, 1.165) is 16.4 Å². The third-order valence-electron chi connectivity index (χ3n) is 2.86. The van der Waals surface area contributed by atoms with Crippen LogP contribution in [0.15, 0.2) is 18.2 Å². The van der Waals surface area contributed by atoms with Crippen molar-refractivity contribution in [1.82, 2.24) is 10.6 Å². The summed E-state index contributed by atoms with van der Waals surface area (Å²) in [6.45, 7) is 0.758. The second-order valence-corrected chi connectivity index (χ2v) is 5.73. The fraction of sp³-hybridized carbons (Fsp3) is 0.385. The standard InChI is InChI=1S/C13H15IN2O3/c14-9-3-4-11(17)10(7-9)13(19)16-6-5-15-12(18)8-1-2-8/h3-4,7-8,17H,1-2,5-6H2,(H,15,18)(H,16,19). The molecule has 0 bridgehead atoms. The van der Waals surface area contributed by atoms with Gasteiger partial charge in [-0.1, -0.05) is 0 Å². The van der Waals surface area contributed by atoms with Gasteiger partial charge in [-0.05, 0) is 53.6 Å². The number of nitrogens with one attached hydrogen (secondary N) is 2. The van der Waals surface area contributed by atoms with Crippen LogP contribution in [0.2, 0.25) is 0 Å². The van der Waals surface area contributed by atoms with Gasteiger partial charge in [0.1, 0.15) is 5.75 Å². The lowest BCUT2D eigenvalue weighted by Gasteiger charge is -2.08. The van der Waals surface area contributed by atoms with Crippen LogP contribution in [-0.4, -0.2) is 30.0 Å². The lowest BCUT2D eigenvalue weighted by Crippen LogP contribution is -2.35. The van der Waals surface area contributed by atoms with Crippen LogP contribution >= 0.6 is 22.6 Å². The van der Waals surface area contributed by atoms with E-state index >= 15 is 0 Å². The first kappa shape index (κ1) is 14.1. The minimum absolute atomic E-state index is 0.0417. The fourth-order valence-electron chi connectivity index (χ4n) is 1.64. The number of aromatic hydroxyl groups is 1. The van der Waals surface area contributed by atoms with Crippen molar-refractivity contribution in [2.45, 2.75) is 12.8 Å². The third-order valence-corrected chi connectivity index (χ3v) is 3.53. The molecule has 0 saturated heterocycles. The highest BCUT2D eigenvalue weighted by Crippen LogP contribution is 2.28. The van der Waals surface area contributed by atoms with E-state index in [2.05, 4.69) is 33.2 Å². The van der Waals surface area contributed by atoms with Gasteiger partial charge in [-0.15, -0.1) is 0 Å². The molecule has 1 saturated carbocycles. The van der Waals surface area contributed by atoms with E-state index in [1.165, 1.54) is 6.07 Å². The Morgan fingerprint density at radius 3 is 2.63 bits per heavy atom. The van der Waals surface area contributed by atoms with E-state index in [-0.39, 0.29) is 29.0 Å². The van der Waals surface area contributed by atoms with Gasteiger partial charge in [0.25, 0.3) is 5.91 Å². The molecule has 0 spiro atoms. The zero-order valence-corrected chi connectivity index (χ0v) is 12.4. The molecule has 3 N–H and O–H groups in total. The molecule has 102 valence electrons. The van der Waals surface area contributed by atoms with E-state index in [0.29, 0.717) is 13.1 Å². The molecule has 6 heteroatoms. The fourth-order valence-corrected chi connectivity index (χ4v) is 2.13. The van der Waals surface area contributed by atoms with Crippen LogP contribution in [0.25, 0.3) is 0 Å². The molecule has 1 aliphatic rings. The number of rotatable bonds is 5. The Labute approximate surface area is 124 Å². The van der Waals surface area contributed by atoms with Crippen LogP contribution in [0.4, 0.5) is 0 Å². The second kappa shape index (κ2) is 6.23. The van der Waals surface area contributed by atoms with Crippen molar-refractivity contribution in [2.24, 2.45) is 5.92 Å². The average Bonchev–Trinajstić information content (AvgIpc) is 3.21. The number of carbonyl (C=O) groups excluding carboxylic acids is 2. The minimum Gasteiger partial charge on any atom is -0.507 e. The molecule has 1 fully saturated rings. The number of phenolic OH excluding ortho intramolecular Hbond substituents is 1. The normalized spacial score (nSPS) is 13.9. The van der Waals surface area contributed by atoms with Gasteiger partial charge < -0.3 is 15.7 Å². The van der Waals surface area contributed by atoms with E-state index < -0.39 is 0 Å². The Kier molecular flexibility index (Phi) is 4.62. The molecular weight excluding hydrogens is 359 g/mol. The summed E-state index contributed by atoms with van der Waals surface area (Å²) >= 11 is 2.08. The first-order valence-corrected chi connectivity index (χ1v) is 7.20. The quantitative estimate of drug-likeness (QED) is 0.536. The van der Waals surface area contributed by atoms with Crippen molar-refractivity contribution in [1.29, 1.82) is 0 Å². The maximum Gasteiger partial charge on any atom is 0.255 e. The molecule has 1 aromatic rings. The monoisotopic (exact) mass is 374 g/mol. The lowest BCUT2D eigenvalue weighted by molar-refractivity contribution is -0.122. The van der Waals surface area contributed by atoms with Crippen molar-refractivity contribution in [3.8, 4) is 5.75 Å². The van der Waals surface area contributed by atoms with Gasteiger partial charge in [0.15, 0.2) is 0 Å². The first-order valence-electron chi connectivity index (χ1n) is 6.12. The van der Waals surface area contributed by atoms with Crippen molar-refractivity contribution >= 4 is 34.4 Å². The molecule has 19 heavy (non-hydrogen) atoms. The lowest BCUT2D eigenvalue weighted by atomic mass is 10.2. The van der Waals surface area contributed by atoms with Crippen LogP contribution < -0.4 is 10.6 Å². The Bertz CT molecular complexity index is 501. The summed E-state index contributed by atoms with van der Waals surface area (Å²) in [5.74, 6) is -0.140. The van der Waals surface area contributed by atoms with Crippen molar-refractivity contribution in [3.05, 3.63) is 27.3 Å². The summed E-state index contributed by atoms with van der Waals surface area (Å²) in [5.41, 5.74) is 0.250. The Morgan fingerprint density at radius 2 is 1.95 bits per heavy atom. The molecule has 0 radical (unpaired) electrons. The molecule has 2 amide bonds. The van der Waals surface area contributed by atoms with Gasteiger partial charge in [0.05, 0.1) is 5.56 Å². The molecule has 2 rings (SSSR count).